The molecular weight excluding hydrogens is 242 g/mol. The Labute approximate surface area is 73.6 Å². The summed E-state index contributed by atoms with van der Waals surface area (Å²) in [4.78, 5) is 0. The monoisotopic (exact) mass is 250 g/mol. The average molecular weight is 250 g/mol. The Hall–Kier alpha value is -0.120. The van der Waals surface area contributed by atoms with Crippen LogP contribution in [0.4, 0.5) is 4.39 Å². The molecule has 1 atom stereocenters. The van der Waals surface area contributed by atoms with E-state index in [-0.39, 0.29) is 0 Å². The van der Waals surface area contributed by atoms with Crippen LogP contribution in [0.15, 0.2) is 30.3 Å². The summed E-state index contributed by atoms with van der Waals surface area (Å²) in [5.41, 5.74) is 0.775. The maximum Gasteiger partial charge on any atom is 0.134 e. The van der Waals surface area contributed by atoms with Crippen LogP contribution in [0.25, 0.3) is 0 Å². The number of benzene rings is 1. The molecule has 0 radical (unpaired) electrons. The largest absolute Gasteiger partial charge is 0.241 e. The summed E-state index contributed by atoms with van der Waals surface area (Å²) in [5.74, 6) is 0. The van der Waals surface area contributed by atoms with E-state index < -0.39 is 6.17 Å². The molecule has 0 aliphatic rings. The Bertz CT molecular complexity index is 186. The molecule has 0 bridgehead atoms. The van der Waals surface area contributed by atoms with E-state index in [1.165, 1.54) is 0 Å². The highest BCUT2D eigenvalue weighted by molar-refractivity contribution is 14.1. The molecule has 2 heteroatoms. The van der Waals surface area contributed by atoms with Crippen molar-refractivity contribution in [3.8, 4) is 0 Å². The Morgan fingerprint density at radius 1 is 1.30 bits per heavy atom. The van der Waals surface area contributed by atoms with Gasteiger partial charge in [0.1, 0.15) is 6.17 Å². The van der Waals surface area contributed by atoms with Gasteiger partial charge in [-0.1, -0.05) is 52.9 Å². The van der Waals surface area contributed by atoms with Crippen molar-refractivity contribution in [3.05, 3.63) is 35.9 Å². The van der Waals surface area contributed by atoms with E-state index in [9.17, 15) is 4.39 Å². The Morgan fingerprint density at radius 3 is 2.40 bits per heavy atom. The van der Waals surface area contributed by atoms with Gasteiger partial charge in [-0.05, 0) is 5.56 Å². The highest BCUT2D eigenvalue weighted by atomic mass is 127. The van der Waals surface area contributed by atoms with Gasteiger partial charge in [-0.2, -0.15) is 0 Å². The zero-order valence-corrected chi connectivity index (χ0v) is 7.58. The Kier molecular flexibility index (Phi) is 3.12. The minimum atomic E-state index is -0.804. The molecule has 0 aliphatic heterocycles. The van der Waals surface area contributed by atoms with Crippen LogP contribution in [-0.4, -0.2) is 4.43 Å². The summed E-state index contributed by atoms with van der Waals surface area (Å²) in [6, 6.07) is 9.22. The van der Waals surface area contributed by atoms with Gasteiger partial charge in [-0.3, -0.25) is 0 Å². The minimum absolute atomic E-state index is 0.530. The van der Waals surface area contributed by atoms with Crippen LogP contribution in [-0.2, 0) is 0 Å². The van der Waals surface area contributed by atoms with Crippen molar-refractivity contribution in [2.75, 3.05) is 4.43 Å². The molecule has 1 aromatic rings. The lowest BCUT2D eigenvalue weighted by molar-refractivity contribution is 0.385. The van der Waals surface area contributed by atoms with Crippen molar-refractivity contribution in [3.63, 3.8) is 0 Å². The van der Waals surface area contributed by atoms with Crippen molar-refractivity contribution in [2.45, 2.75) is 6.17 Å². The van der Waals surface area contributed by atoms with Crippen LogP contribution in [0.2, 0.25) is 0 Å². The highest BCUT2D eigenvalue weighted by Gasteiger charge is 2.04. The number of rotatable bonds is 2. The van der Waals surface area contributed by atoms with Crippen LogP contribution in [0, 0.1) is 0 Å². The average Bonchev–Trinajstić information content (AvgIpc) is 2.05. The molecule has 1 unspecified atom stereocenters. The summed E-state index contributed by atoms with van der Waals surface area (Å²) in [6.07, 6.45) is -0.804. The third kappa shape index (κ3) is 1.94. The van der Waals surface area contributed by atoms with Gasteiger partial charge in [0, 0.05) is 4.43 Å². The molecule has 10 heavy (non-hydrogen) atoms. The molecule has 0 N–H and O–H groups in total. The summed E-state index contributed by atoms with van der Waals surface area (Å²) < 4.78 is 13.4. The third-order valence-electron chi connectivity index (χ3n) is 1.30. The fourth-order valence-corrected chi connectivity index (χ4v) is 1.26. The van der Waals surface area contributed by atoms with E-state index in [2.05, 4.69) is 0 Å². The highest BCUT2D eigenvalue weighted by Crippen LogP contribution is 2.18. The number of hydrogen-bond donors (Lipinski definition) is 0. The molecule has 1 rings (SSSR count). The summed E-state index contributed by atoms with van der Waals surface area (Å²) in [5, 5.41) is 0. The number of hydrogen-bond acceptors (Lipinski definition) is 0. The van der Waals surface area contributed by atoms with Gasteiger partial charge in [0.15, 0.2) is 0 Å². The summed E-state index contributed by atoms with van der Waals surface area (Å²) in [7, 11) is 0. The zero-order valence-electron chi connectivity index (χ0n) is 5.43. The van der Waals surface area contributed by atoms with Crippen LogP contribution >= 0.6 is 22.6 Å². The van der Waals surface area contributed by atoms with Gasteiger partial charge >= 0.3 is 0 Å². The van der Waals surface area contributed by atoms with E-state index in [1.54, 1.807) is 0 Å². The normalized spacial score (nSPS) is 13.0. The molecule has 0 heterocycles. The quantitative estimate of drug-likeness (QED) is 0.558. The molecule has 0 nitrogen and oxygen atoms in total. The maximum atomic E-state index is 12.9. The Balaban J connectivity index is 2.75. The number of halogens is 2. The first kappa shape index (κ1) is 7.98. The second-order valence-corrected chi connectivity index (χ2v) is 2.91. The van der Waals surface area contributed by atoms with Crippen LogP contribution in [0.1, 0.15) is 11.7 Å². The van der Waals surface area contributed by atoms with Gasteiger partial charge in [0.25, 0.3) is 0 Å². The summed E-state index contributed by atoms with van der Waals surface area (Å²) >= 11 is 2.04. The molecule has 0 spiro atoms. The van der Waals surface area contributed by atoms with Gasteiger partial charge < -0.3 is 0 Å². The zero-order chi connectivity index (χ0) is 7.40. The van der Waals surface area contributed by atoms with Crippen molar-refractivity contribution < 1.29 is 4.39 Å². The van der Waals surface area contributed by atoms with E-state index in [0.29, 0.717) is 4.43 Å². The Morgan fingerprint density at radius 2 is 1.90 bits per heavy atom. The molecule has 0 saturated carbocycles. The molecule has 0 aromatic heterocycles. The van der Waals surface area contributed by atoms with Crippen molar-refractivity contribution >= 4 is 22.6 Å². The molecular formula is C8H8FI. The SMILES string of the molecule is FC(CI)c1ccccc1. The molecule has 1 aromatic carbocycles. The predicted molar refractivity (Wildman–Crippen MR) is 49.2 cm³/mol. The van der Waals surface area contributed by atoms with Crippen LogP contribution in [0.5, 0.6) is 0 Å². The lowest BCUT2D eigenvalue weighted by Crippen LogP contribution is -1.90. The first-order valence-corrected chi connectivity index (χ1v) is 4.62. The standard InChI is InChI=1S/C8H8FI/c9-8(6-10)7-4-2-1-3-5-7/h1-5,8H,6H2. The van der Waals surface area contributed by atoms with E-state index in [4.69, 9.17) is 0 Å². The number of alkyl halides is 2. The topological polar surface area (TPSA) is 0 Å². The van der Waals surface area contributed by atoms with E-state index in [1.807, 2.05) is 52.9 Å². The van der Waals surface area contributed by atoms with E-state index >= 15 is 0 Å². The predicted octanol–water partition coefficient (Wildman–Crippen LogP) is 3.13. The second-order valence-electron chi connectivity index (χ2n) is 2.03. The van der Waals surface area contributed by atoms with Crippen molar-refractivity contribution in [2.24, 2.45) is 0 Å². The molecule has 54 valence electrons. The molecule has 0 amide bonds. The molecule has 0 aliphatic carbocycles. The second kappa shape index (κ2) is 3.91. The fraction of sp³-hybridized carbons (Fsp3) is 0.250. The van der Waals surface area contributed by atoms with Gasteiger partial charge in [-0.25, -0.2) is 4.39 Å². The van der Waals surface area contributed by atoms with E-state index in [0.717, 1.165) is 5.56 Å². The smallest absolute Gasteiger partial charge is 0.134 e. The van der Waals surface area contributed by atoms with Gasteiger partial charge in [0.2, 0.25) is 0 Å². The van der Waals surface area contributed by atoms with Crippen molar-refractivity contribution in [1.29, 1.82) is 0 Å². The molecule has 0 saturated heterocycles. The maximum absolute atomic E-state index is 12.9. The fourth-order valence-electron chi connectivity index (χ4n) is 0.751. The minimum Gasteiger partial charge on any atom is -0.241 e. The summed E-state index contributed by atoms with van der Waals surface area (Å²) in [6.45, 7) is 0. The van der Waals surface area contributed by atoms with Gasteiger partial charge in [-0.15, -0.1) is 0 Å². The van der Waals surface area contributed by atoms with Crippen LogP contribution in [0.3, 0.4) is 0 Å². The van der Waals surface area contributed by atoms with Crippen molar-refractivity contribution in [1.82, 2.24) is 0 Å². The van der Waals surface area contributed by atoms with Gasteiger partial charge in [0.05, 0.1) is 0 Å². The third-order valence-corrected chi connectivity index (χ3v) is 2.07. The van der Waals surface area contributed by atoms with Crippen LogP contribution < -0.4 is 0 Å². The lowest BCUT2D eigenvalue weighted by atomic mass is 10.1. The first-order valence-electron chi connectivity index (χ1n) is 3.09. The lowest BCUT2D eigenvalue weighted by Gasteiger charge is -2.01. The first-order chi connectivity index (χ1) is 4.84. The molecule has 0 fully saturated rings.